The summed E-state index contributed by atoms with van der Waals surface area (Å²) in [6, 6.07) is 8.86. The van der Waals surface area contributed by atoms with Crippen LogP contribution in [0.1, 0.15) is 37.6 Å². The normalized spacial score (nSPS) is 12.6. The summed E-state index contributed by atoms with van der Waals surface area (Å²) in [5.41, 5.74) is 0.685. The average Bonchev–Trinajstić information content (AvgIpc) is 2.25. The van der Waals surface area contributed by atoms with E-state index in [4.69, 9.17) is 5.21 Å². The van der Waals surface area contributed by atoms with Gasteiger partial charge in [-0.15, -0.1) is 0 Å². The van der Waals surface area contributed by atoms with Crippen LogP contribution in [0, 0.1) is 5.41 Å². The van der Waals surface area contributed by atoms with E-state index in [9.17, 15) is 4.79 Å². The first-order valence-corrected chi connectivity index (χ1v) is 5.25. The molecule has 0 amide bonds. The highest BCUT2D eigenvalue weighted by Gasteiger charge is 2.21. The standard InChI is InChI=1S/C13H17NO2/c1-13(2,3)9-11(14-16)12(15)10-7-5-4-6-8-10/h4-8,16H,9H2,1-3H3. The van der Waals surface area contributed by atoms with Crippen molar-refractivity contribution in [3.63, 3.8) is 0 Å². The van der Waals surface area contributed by atoms with Crippen molar-refractivity contribution >= 4 is 11.5 Å². The summed E-state index contributed by atoms with van der Waals surface area (Å²) in [6.07, 6.45) is 0.456. The molecule has 0 spiro atoms. The Morgan fingerprint density at radius 3 is 2.25 bits per heavy atom. The second-order valence-electron chi connectivity index (χ2n) is 4.98. The SMILES string of the molecule is CC(C)(C)CC(=NO)C(=O)c1ccccc1. The molecular weight excluding hydrogens is 202 g/mol. The third kappa shape index (κ3) is 3.50. The summed E-state index contributed by atoms with van der Waals surface area (Å²) in [5, 5.41) is 12.0. The van der Waals surface area contributed by atoms with Gasteiger partial charge in [-0.1, -0.05) is 56.3 Å². The topological polar surface area (TPSA) is 49.7 Å². The van der Waals surface area contributed by atoms with Crippen LogP contribution in [0.4, 0.5) is 0 Å². The summed E-state index contributed by atoms with van der Waals surface area (Å²) in [7, 11) is 0. The molecule has 0 bridgehead atoms. The van der Waals surface area contributed by atoms with Crippen molar-refractivity contribution in [2.45, 2.75) is 27.2 Å². The molecule has 0 radical (unpaired) electrons. The number of oxime groups is 1. The van der Waals surface area contributed by atoms with Gasteiger partial charge in [-0.05, 0) is 5.41 Å². The fourth-order valence-electron chi connectivity index (χ4n) is 1.42. The van der Waals surface area contributed by atoms with Crippen molar-refractivity contribution in [3.8, 4) is 0 Å². The number of hydrogen-bond acceptors (Lipinski definition) is 3. The number of benzene rings is 1. The minimum absolute atomic E-state index is 0.0774. The zero-order valence-corrected chi connectivity index (χ0v) is 9.90. The van der Waals surface area contributed by atoms with Gasteiger partial charge in [-0.3, -0.25) is 4.79 Å². The molecule has 3 heteroatoms. The zero-order chi connectivity index (χ0) is 12.2. The Morgan fingerprint density at radius 2 is 1.81 bits per heavy atom. The lowest BCUT2D eigenvalue weighted by Crippen LogP contribution is -2.21. The quantitative estimate of drug-likeness (QED) is 0.367. The lowest BCUT2D eigenvalue weighted by atomic mass is 9.87. The van der Waals surface area contributed by atoms with Crippen LogP contribution >= 0.6 is 0 Å². The van der Waals surface area contributed by atoms with Gasteiger partial charge in [-0.2, -0.15) is 0 Å². The van der Waals surface area contributed by atoms with Crippen molar-refractivity contribution < 1.29 is 10.0 Å². The largest absolute Gasteiger partial charge is 0.411 e. The first kappa shape index (κ1) is 12.4. The molecule has 3 nitrogen and oxygen atoms in total. The summed E-state index contributed by atoms with van der Waals surface area (Å²) < 4.78 is 0. The maximum Gasteiger partial charge on any atom is 0.210 e. The van der Waals surface area contributed by atoms with Crippen LogP contribution in [-0.2, 0) is 0 Å². The van der Waals surface area contributed by atoms with Crippen LogP contribution in [0.3, 0.4) is 0 Å². The molecule has 1 N–H and O–H groups in total. The van der Waals surface area contributed by atoms with E-state index in [0.29, 0.717) is 12.0 Å². The van der Waals surface area contributed by atoms with Crippen molar-refractivity contribution in [2.75, 3.05) is 0 Å². The number of carbonyl (C=O) groups excluding carboxylic acids is 1. The van der Waals surface area contributed by atoms with Gasteiger partial charge in [0.2, 0.25) is 5.78 Å². The number of rotatable bonds is 3. The Balaban J connectivity index is 2.88. The molecule has 0 atom stereocenters. The lowest BCUT2D eigenvalue weighted by molar-refractivity contribution is 0.105. The molecule has 0 aliphatic carbocycles. The highest BCUT2D eigenvalue weighted by atomic mass is 16.4. The third-order valence-electron chi connectivity index (χ3n) is 2.12. The second kappa shape index (κ2) is 4.92. The van der Waals surface area contributed by atoms with Crippen LogP contribution in [0.15, 0.2) is 35.5 Å². The van der Waals surface area contributed by atoms with Gasteiger partial charge in [0.05, 0.1) is 0 Å². The molecule has 0 unspecified atom stereocenters. The van der Waals surface area contributed by atoms with Crippen LogP contribution in [-0.4, -0.2) is 16.7 Å². The molecule has 0 heterocycles. The van der Waals surface area contributed by atoms with Gasteiger partial charge in [0.25, 0.3) is 0 Å². The van der Waals surface area contributed by atoms with E-state index in [0.717, 1.165) is 0 Å². The minimum atomic E-state index is -0.210. The average molecular weight is 219 g/mol. The molecule has 0 fully saturated rings. The molecule has 0 aromatic heterocycles. The Hall–Kier alpha value is -1.64. The Kier molecular flexibility index (Phi) is 3.82. The first-order chi connectivity index (χ1) is 7.44. The van der Waals surface area contributed by atoms with Gasteiger partial charge in [0.1, 0.15) is 5.71 Å². The van der Waals surface area contributed by atoms with Crippen molar-refractivity contribution in [1.82, 2.24) is 0 Å². The van der Waals surface area contributed by atoms with E-state index in [2.05, 4.69) is 5.16 Å². The molecule has 1 rings (SSSR count). The molecule has 0 saturated carbocycles. The predicted octanol–water partition coefficient (Wildman–Crippen LogP) is 3.14. The molecule has 86 valence electrons. The third-order valence-corrected chi connectivity index (χ3v) is 2.12. The number of nitrogens with zero attached hydrogens (tertiary/aromatic N) is 1. The Labute approximate surface area is 95.8 Å². The van der Waals surface area contributed by atoms with Gasteiger partial charge in [0, 0.05) is 12.0 Å². The predicted molar refractivity (Wildman–Crippen MR) is 64.1 cm³/mol. The zero-order valence-electron chi connectivity index (χ0n) is 9.90. The van der Waals surface area contributed by atoms with Gasteiger partial charge in [0.15, 0.2) is 0 Å². The summed E-state index contributed by atoms with van der Waals surface area (Å²) in [4.78, 5) is 12.0. The lowest BCUT2D eigenvalue weighted by Gasteiger charge is -2.17. The molecule has 0 aliphatic rings. The molecule has 1 aromatic carbocycles. The first-order valence-electron chi connectivity index (χ1n) is 5.25. The van der Waals surface area contributed by atoms with Crippen molar-refractivity contribution in [2.24, 2.45) is 10.6 Å². The summed E-state index contributed by atoms with van der Waals surface area (Å²) in [5.74, 6) is -0.210. The maximum atomic E-state index is 12.0. The Morgan fingerprint density at radius 1 is 1.25 bits per heavy atom. The van der Waals surface area contributed by atoms with E-state index in [1.807, 2.05) is 26.8 Å². The monoisotopic (exact) mass is 219 g/mol. The fraction of sp³-hybridized carbons (Fsp3) is 0.385. The van der Waals surface area contributed by atoms with Crippen LogP contribution < -0.4 is 0 Å². The number of ketones is 1. The van der Waals surface area contributed by atoms with Crippen molar-refractivity contribution in [1.29, 1.82) is 0 Å². The highest BCUT2D eigenvalue weighted by Crippen LogP contribution is 2.20. The van der Waals surface area contributed by atoms with E-state index >= 15 is 0 Å². The van der Waals surface area contributed by atoms with Gasteiger partial charge < -0.3 is 5.21 Å². The van der Waals surface area contributed by atoms with Gasteiger partial charge in [-0.25, -0.2) is 0 Å². The minimum Gasteiger partial charge on any atom is -0.411 e. The number of hydrogen-bond donors (Lipinski definition) is 1. The van der Waals surface area contributed by atoms with Crippen LogP contribution in [0.5, 0.6) is 0 Å². The number of Topliss-reactive ketones (excluding diaryl/α,β-unsaturated/α-hetero) is 1. The molecule has 16 heavy (non-hydrogen) atoms. The summed E-state index contributed by atoms with van der Waals surface area (Å²) in [6.45, 7) is 5.99. The molecule has 0 saturated heterocycles. The maximum absolute atomic E-state index is 12.0. The summed E-state index contributed by atoms with van der Waals surface area (Å²) >= 11 is 0. The van der Waals surface area contributed by atoms with Gasteiger partial charge >= 0.3 is 0 Å². The number of carbonyl (C=O) groups is 1. The van der Waals surface area contributed by atoms with E-state index < -0.39 is 0 Å². The molecular formula is C13H17NO2. The van der Waals surface area contributed by atoms with E-state index in [1.54, 1.807) is 24.3 Å². The smallest absolute Gasteiger partial charge is 0.210 e. The Bertz CT molecular complexity index is 388. The van der Waals surface area contributed by atoms with Crippen LogP contribution in [0.2, 0.25) is 0 Å². The fourth-order valence-corrected chi connectivity index (χ4v) is 1.42. The highest BCUT2D eigenvalue weighted by molar-refractivity contribution is 6.45. The molecule has 0 aliphatic heterocycles. The van der Waals surface area contributed by atoms with Crippen molar-refractivity contribution in [3.05, 3.63) is 35.9 Å². The molecule has 1 aromatic rings. The second-order valence-corrected chi connectivity index (χ2v) is 4.98. The van der Waals surface area contributed by atoms with E-state index in [1.165, 1.54) is 0 Å². The van der Waals surface area contributed by atoms with E-state index in [-0.39, 0.29) is 16.9 Å². The van der Waals surface area contributed by atoms with Crippen LogP contribution in [0.25, 0.3) is 0 Å².